The maximum absolute atomic E-state index is 10.8. The minimum atomic E-state index is -0.468. The monoisotopic (exact) mass is 400 g/mol. The Hall–Kier alpha value is -4.11. The fraction of sp³-hybridized carbons (Fsp3) is 0.125. The smallest absolute Gasteiger partial charge is 0.269 e. The first-order chi connectivity index (χ1) is 14.5. The van der Waals surface area contributed by atoms with Gasteiger partial charge in [0.1, 0.15) is 24.7 Å². The molecule has 0 radical (unpaired) electrons. The molecule has 0 aromatic heterocycles. The van der Waals surface area contributed by atoms with Crippen molar-refractivity contribution in [2.24, 2.45) is 0 Å². The lowest BCUT2D eigenvalue weighted by atomic mass is 10.0. The number of ether oxygens (including phenoxy) is 2. The summed E-state index contributed by atoms with van der Waals surface area (Å²) in [6.07, 6.45) is 1.73. The van der Waals surface area contributed by atoms with Crippen LogP contribution in [-0.2, 0) is 0 Å². The molecule has 30 heavy (non-hydrogen) atoms. The van der Waals surface area contributed by atoms with Crippen LogP contribution < -0.4 is 9.47 Å². The van der Waals surface area contributed by atoms with E-state index in [9.17, 15) is 15.4 Å². The first-order valence-electron chi connectivity index (χ1n) is 9.34. The Morgan fingerprint density at radius 3 is 1.97 bits per heavy atom. The highest BCUT2D eigenvalue weighted by Crippen LogP contribution is 2.22. The molecule has 0 atom stereocenters. The predicted octanol–water partition coefficient (Wildman–Crippen LogP) is 5.43. The number of hydrogen-bond donors (Lipinski definition) is 0. The maximum Gasteiger partial charge on any atom is 0.269 e. The third-order valence-electron chi connectivity index (χ3n) is 4.34. The van der Waals surface area contributed by atoms with Crippen molar-refractivity contribution in [3.8, 4) is 17.6 Å². The molecule has 0 aliphatic heterocycles. The van der Waals surface area contributed by atoms with E-state index >= 15 is 0 Å². The van der Waals surface area contributed by atoms with E-state index in [2.05, 4.69) is 6.07 Å². The molecule has 6 heteroatoms. The summed E-state index contributed by atoms with van der Waals surface area (Å²) >= 11 is 0. The molecule has 150 valence electrons. The molecule has 0 aliphatic rings. The van der Waals surface area contributed by atoms with Gasteiger partial charge in [-0.3, -0.25) is 10.1 Å². The maximum atomic E-state index is 10.8. The van der Waals surface area contributed by atoms with Crippen molar-refractivity contribution in [2.75, 3.05) is 13.2 Å². The van der Waals surface area contributed by atoms with Crippen molar-refractivity contribution in [3.63, 3.8) is 0 Å². The molecular formula is C24H20N2O4. The van der Waals surface area contributed by atoms with Gasteiger partial charge in [-0.25, -0.2) is 0 Å². The molecule has 0 aliphatic carbocycles. The molecule has 0 bridgehead atoms. The summed E-state index contributed by atoms with van der Waals surface area (Å²) in [6.45, 7) is 2.87. The number of nitro groups is 1. The third kappa shape index (κ3) is 5.69. The Balaban J connectivity index is 1.56. The average Bonchev–Trinajstić information content (AvgIpc) is 2.77. The van der Waals surface area contributed by atoms with Crippen LogP contribution in [0, 0.1) is 28.4 Å². The number of rotatable bonds is 8. The van der Waals surface area contributed by atoms with Crippen molar-refractivity contribution in [1.29, 1.82) is 5.26 Å². The van der Waals surface area contributed by atoms with Gasteiger partial charge in [-0.1, -0.05) is 29.8 Å². The van der Waals surface area contributed by atoms with E-state index in [4.69, 9.17) is 9.47 Å². The number of non-ortho nitro benzene ring substituents is 1. The van der Waals surface area contributed by atoms with Crippen molar-refractivity contribution in [1.82, 2.24) is 0 Å². The lowest BCUT2D eigenvalue weighted by molar-refractivity contribution is -0.384. The van der Waals surface area contributed by atoms with Crippen molar-refractivity contribution in [3.05, 3.63) is 99.6 Å². The summed E-state index contributed by atoms with van der Waals surface area (Å²) in [5.41, 5.74) is 3.04. The molecule has 0 heterocycles. The molecule has 0 saturated heterocycles. The second-order valence-electron chi connectivity index (χ2n) is 6.55. The van der Waals surface area contributed by atoms with Crippen LogP contribution in [-0.4, -0.2) is 18.1 Å². The zero-order chi connectivity index (χ0) is 21.3. The van der Waals surface area contributed by atoms with Gasteiger partial charge in [0.25, 0.3) is 5.69 Å². The zero-order valence-electron chi connectivity index (χ0n) is 16.4. The van der Waals surface area contributed by atoms with Gasteiger partial charge in [0.2, 0.25) is 0 Å². The number of nitro benzene ring substituents is 1. The zero-order valence-corrected chi connectivity index (χ0v) is 16.4. The average molecular weight is 400 g/mol. The normalized spacial score (nSPS) is 10.9. The number of aryl methyl sites for hydroxylation is 1. The van der Waals surface area contributed by atoms with E-state index in [1.165, 1.54) is 17.7 Å². The molecule has 6 nitrogen and oxygen atoms in total. The molecule has 0 saturated carbocycles. The van der Waals surface area contributed by atoms with Crippen LogP contribution in [0.2, 0.25) is 0 Å². The van der Waals surface area contributed by atoms with Crippen LogP contribution in [0.5, 0.6) is 11.5 Å². The van der Waals surface area contributed by atoms with Crippen LogP contribution in [0.4, 0.5) is 5.69 Å². The van der Waals surface area contributed by atoms with Gasteiger partial charge < -0.3 is 9.47 Å². The van der Waals surface area contributed by atoms with E-state index in [1.807, 2.05) is 55.5 Å². The molecule has 0 amide bonds. The summed E-state index contributed by atoms with van der Waals surface area (Å²) in [6, 6.07) is 23.2. The highest BCUT2D eigenvalue weighted by Gasteiger charge is 2.07. The summed E-state index contributed by atoms with van der Waals surface area (Å²) in [5, 5.41) is 20.2. The molecule has 0 unspecified atom stereocenters. The Kier molecular flexibility index (Phi) is 6.80. The van der Waals surface area contributed by atoms with Gasteiger partial charge in [0, 0.05) is 12.1 Å². The Bertz CT molecular complexity index is 1060. The molecule has 3 rings (SSSR count). The largest absolute Gasteiger partial charge is 0.490 e. The van der Waals surface area contributed by atoms with E-state index in [0.717, 1.165) is 11.3 Å². The lowest BCUT2D eigenvalue weighted by Gasteiger charge is -2.09. The van der Waals surface area contributed by atoms with Crippen LogP contribution >= 0.6 is 0 Å². The fourth-order valence-electron chi connectivity index (χ4n) is 2.72. The number of benzene rings is 3. The van der Waals surface area contributed by atoms with Crippen molar-refractivity contribution < 1.29 is 14.4 Å². The molecule has 0 N–H and O–H groups in total. The molecule has 0 fully saturated rings. The summed E-state index contributed by atoms with van der Waals surface area (Å²) in [5.74, 6) is 1.51. The SMILES string of the molecule is Cc1ccc(OCCOc2ccc(/C=C(\C#N)c3ccc([N+](=O)[O-])cc3)cc2)cc1. The molecule has 3 aromatic carbocycles. The van der Waals surface area contributed by atoms with Crippen LogP contribution in [0.25, 0.3) is 11.6 Å². The van der Waals surface area contributed by atoms with Gasteiger partial charge in [0.15, 0.2) is 0 Å². The summed E-state index contributed by atoms with van der Waals surface area (Å²) in [4.78, 5) is 10.3. The van der Waals surface area contributed by atoms with E-state index < -0.39 is 4.92 Å². The number of nitrogens with zero attached hydrogens (tertiary/aromatic N) is 2. The fourth-order valence-corrected chi connectivity index (χ4v) is 2.72. The summed E-state index contributed by atoms with van der Waals surface area (Å²) < 4.78 is 11.3. The van der Waals surface area contributed by atoms with Crippen LogP contribution in [0.3, 0.4) is 0 Å². The minimum Gasteiger partial charge on any atom is -0.490 e. The number of allylic oxidation sites excluding steroid dienone is 1. The van der Waals surface area contributed by atoms with Crippen molar-refractivity contribution >= 4 is 17.3 Å². The van der Waals surface area contributed by atoms with Gasteiger partial charge in [0.05, 0.1) is 16.6 Å². The minimum absolute atomic E-state index is 0.0103. The first-order valence-corrected chi connectivity index (χ1v) is 9.34. The first kappa shape index (κ1) is 20.6. The van der Waals surface area contributed by atoms with Gasteiger partial charge in [-0.15, -0.1) is 0 Å². The summed E-state index contributed by atoms with van der Waals surface area (Å²) in [7, 11) is 0. The van der Waals surface area contributed by atoms with E-state index in [-0.39, 0.29) is 5.69 Å². The molecular weight excluding hydrogens is 380 g/mol. The quantitative estimate of drug-likeness (QED) is 0.166. The highest BCUT2D eigenvalue weighted by molar-refractivity contribution is 5.89. The second kappa shape index (κ2) is 9.89. The molecule has 3 aromatic rings. The van der Waals surface area contributed by atoms with Crippen LogP contribution in [0.15, 0.2) is 72.8 Å². The predicted molar refractivity (Wildman–Crippen MR) is 115 cm³/mol. The lowest BCUT2D eigenvalue weighted by Crippen LogP contribution is -2.08. The Labute approximate surface area is 174 Å². The molecule has 0 spiro atoms. The topological polar surface area (TPSA) is 85.4 Å². The number of nitriles is 1. The standard InChI is InChI=1S/C24H20N2O4/c1-18-2-10-23(11-3-18)29-14-15-30-24-12-4-19(5-13-24)16-21(17-25)20-6-8-22(9-7-20)26(27)28/h2-13,16H,14-15H2,1H3/b21-16+. The number of hydrogen-bond acceptors (Lipinski definition) is 5. The van der Waals surface area contributed by atoms with E-state index in [1.54, 1.807) is 18.2 Å². The van der Waals surface area contributed by atoms with Crippen molar-refractivity contribution in [2.45, 2.75) is 6.92 Å². The van der Waals surface area contributed by atoms with Gasteiger partial charge >= 0.3 is 0 Å². The third-order valence-corrected chi connectivity index (χ3v) is 4.34. The van der Waals surface area contributed by atoms with Gasteiger partial charge in [-0.05, 0) is 60.5 Å². The highest BCUT2D eigenvalue weighted by atomic mass is 16.6. The Morgan fingerprint density at radius 1 is 0.933 bits per heavy atom. The van der Waals surface area contributed by atoms with Crippen LogP contribution in [0.1, 0.15) is 16.7 Å². The van der Waals surface area contributed by atoms with E-state index in [0.29, 0.717) is 30.1 Å². The Morgan fingerprint density at radius 2 is 1.47 bits per heavy atom. The van der Waals surface area contributed by atoms with Gasteiger partial charge in [-0.2, -0.15) is 5.26 Å². The second-order valence-corrected chi connectivity index (χ2v) is 6.55.